The van der Waals surface area contributed by atoms with Crippen molar-refractivity contribution in [2.75, 3.05) is 78.5 Å². The smallest absolute Gasteiger partial charge is 0.124 e. The highest BCUT2D eigenvalue weighted by molar-refractivity contribution is 5.87. The van der Waals surface area contributed by atoms with Crippen LogP contribution < -0.4 is 0 Å². The van der Waals surface area contributed by atoms with Crippen LogP contribution in [0.25, 0.3) is 0 Å². The molecule has 0 unspecified atom stereocenters. The lowest BCUT2D eigenvalue weighted by molar-refractivity contribution is 0.298. The first-order valence-corrected chi connectivity index (χ1v) is 15.8. The predicted octanol–water partition coefficient (Wildman–Crippen LogP) is 4.65. The molecule has 3 aliphatic heterocycles. The summed E-state index contributed by atoms with van der Waals surface area (Å²) in [5.41, 5.74) is 3.99. The molecule has 0 aromatic heterocycles. The summed E-state index contributed by atoms with van der Waals surface area (Å²) in [4.78, 5) is 31.7. The largest absolute Gasteiger partial charge is 0.298 e. The number of nitrogens with zero attached hydrogens (tertiary/aromatic N) is 8. The van der Waals surface area contributed by atoms with E-state index < -0.39 is 0 Å². The summed E-state index contributed by atoms with van der Waals surface area (Å²) in [7, 11) is 0. The van der Waals surface area contributed by atoms with Gasteiger partial charge in [0.15, 0.2) is 0 Å². The standard InChI is InChI=1S/C36H39F3N8/c37-34-16-28-13-29(17-34)23-43-4-10-47-11-5-44-26-32-14-30(18-35(38)20-32)24-41-2-8-46(7-1-40-22-28)9-3-42-25-31-15-33(21-36(39)19-31)27-45-6-12-47/h13-27H,1-12H2. The summed E-state index contributed by atoms with van der Waals surface area (Å²) in [5.74, 6) is -1.03. The maximum absolute atomic E-state index is 14.4. The van der Waals surface area contributed by atoms with Crippen molar-refractivity contribution in [2.24, 2.45) is 30.0 Å². The van der Waals surface area contributed by atoms with Gasteiger partial charge in [0.25, 0.3) is 0 Å². The summed E-state index contributed by atoms with van der Waals surface area (Å²) in [6, 6.07) is 14.3. The Hall–Kier alpha value is -4.61. The van der Waals surface area contributed by atoms with Gasteiger partial charge in [0.05, 0.1) is 39.3 Å². The lowest BCUT2D eigenvalue weighted by Gasteiger charge is -2.19. The lowest BCUT2D eigenvalue weighted by atomic mass is 10.1. The van der Waals surface area contributed by atoms with E-state index in [0.717, 1.165) is 0 Å². The van der Waals surface area contributed by atoms with Gasteiger partial charge in [0.1, 0.15) is 17.5 Å². The van der Waals surface area contributed by atoms with E-state index in [4.69, 9.17) is 0 Å². The van der Waals surface area contributed by atoms with Crippen LogP contribution in [0.2, 0.25) is 0 Å². The second kappa shape index (κ2) is 17.9. The fourth-order valence-electron chi connectivity index (χ4n) is 5.24. The van der Waals surface area contributed by atoms with Crippen LogP contribution in [0.5, 0.6) is 0 Å². The van der Waals surface area contributed by atoms with E-state index >= 15 is 0 Å². The van der Waals surface area contributed by atoms with Gasteiger partial charge < -0.3 is 0 Å². The fourth-order valence-corrected chi connectivity index (χ4v) is 5.24. The van der Waals surface area contributed by atoms with Gasteiger partial charge in [0, 0.05) is 76.6 Å². The molecule has 11 heteroatoms. The van der Waals surface area contributed by atoms with Crippen molar-refractivity contribution in [3.8, 4) is 0 Å². The van der Waals surface area contributed by atoms with Crippen LogP contribution in [-0.4, -0.2) is 126 Å². The Morgan fingerprint density at radius 1 is 0.319 bits per heavy atom. The Morgan fingerprint density at radius 3 is 0.702 bits per heavy atom. The fraction of sp³-hybridized carbons (Fsp3) is 0.333. The zero-order chi connectivity index (χ0) is 32.7. The molecule has 0 fully saturated rings. The molecule has 8 bridgehead atoms. The Balaban J connectivity index is 1.45. The first-order valence-electron chi connectivity index (χ1n) is 15.8. The third-order valence-corrected chi connectivity index (χ3v) is 7.54. The zero-order valence-corrected chi connectivity index (χ0v) is 26.4. The lowest BCUT2D eigenvalue weighted by Crippen LogP contribution is -2.31. The predicted molar refractivity (Wildman–Crippen MR) is 187 cm³/mol. The molecule has 0 amide bonds. The number of aliphatic imine (C=N–C) groups is 6. The van der Waals surface area contributed by atoms with E-state index in [1.165, 1.54) is 36.4 Å². The summed E-state index contributed by atoms with van der Waals surface area (Å²) >= 11 is 0. The van der Waals surface area contributed by atoms with Gasteiger partial charge in [-0.2, -0.15) is 0 Å². The monoisotopic (exact) mass is 640 g/mol. The highest BCUT2D eigenvalue weighted by atomic mass is 19.1. The van der Waals surface area contributed by atoms with Crippen LogP contribution in [0.15, 0.2) is 84.6 Å². The molecule has 3 aliphatic rings. The number of fused-ring (bicyclic) bond motifs is 12. The van der Waals surface area contributed by atoms with Crippen LogP contribution in [0.4, 0.5) is 13.2 Å². The van der Waals surface area contributed by atoms with E-state index in [9.17, 15) is 13.2 Å². The van der Waals surface area contributed by atoms with Crippen molar-refractivity contribution in [3.05, 3.63) is 105 Å². The number of hydrogen-bond donors (Lipinski definition) is 0. The van der Waals surface area contributed by atoms with E-state index in [-0.39, 0.29) is 17.5 Å². The number of benzene rings is 3. The van der Waals surface area contributed by atoms with E-state index in [1.807, 2.05) is 18.2 Å². The highest BCUT2D eigenvalue weighted by Crippen LogP contribution is 2.09. The molecule has 3 aromatic carbocycles. The average Bonchev–Trinajstić information content (AvgIpc) is 3.03. The topological polar surface area (TPSA) is 80.6 Å². The SMILES string of the molecule is Fc1cc2cc(c1)C=NCCN1CCN=Cc3cc(F)cc(c3)C=NCCN(CCN=C2)CCN=Cc2cc(F)cc(c2)C=NCC1. The van der Waals surface area contributed by atoms with Crippen LogP contribution >= 0.6 is 0 Å². The van der Waals surface area contributed by atoms with Crippen LogP contribution in [0.3, 0.4) is 0 Å². The van der Waals surface area contributed by atoms with Gasteiger partial charge in [-0.15, -0.1) is 0 Å². The Labute approximate surface area is 273 Å². The first-order chi connectivity index (χ1) is 23.0. The first kappa shape index (κ1) is 33.7. The third-order valence-electron chi connectivity index (χ3n) is 7.54. The summed E-state index contributed by atoms with van der Waals surface area (Å²) in [5, 5.41) is 0. The summed E-state index contributed by atoms with van der Waals surface area (Å²) in [6.45, 7) is 6.70. The second-order valence-corrected chi connectivity index (χ2v) is 11.3. The molecule has 6 rings (SSSR count). The minimum absolute atomic E-state index is 0.345. The molecule has 0 saturated carbocycles. The van der Waals surface area contributed by atoms with Gasteiger partial charge >= 0.3 is 0 Å². The molecule has 0 atom stereocenters. The van der Waals surface area contributed by atoms with E-state index in [0.29, 0.717) is 112 Å². The van der Waals surface area contributed by atoms with E-state index in [2.05, 4.69) is 39.8 Å². The molecule has 0 aliphatic carbocycles. The Morgan fingerprint density at radius 2 is 0.511 bits per heavy atom. The molecule has 8 nitrogen and oxygen atoms in total. The van der Waals surface area contributed by atoms with Gasteiger partial charge in [0.2, 0.25) is 0 Å². The van der Waals surface area contributed by atoms with Crippen molar-refractivity contribution >= 4 is 37.3 Å². The molecule has 0 radical (unpaired) electrons. The van der Waals surface area contributed by atoms with Gasteiger partial charge in [-0.05, 0) is 88.0 Å². The van der Waals surface area contributed by atoms with Crippen molar-refractivity contribution < 1.29 is 13.2 Å². The zero-order valence-electron chi connectivity index (χ0n) is 26.4. The van der Waals surface area contributed by atoms with Gasteiger partial charge in [-0.1, -0.05) is 0 Å². The quantitative estimate of drug-likeness (QED) is 0.359. The van der Waals surface area contributed by atoms with Gasteiger partial charge in [-0.25, -0.2) is 13.2 Å². The molecule has 0 saturated heterocycles. The number of hydrogen-bond acceptors (Lipinski definition) is 8. The molecule has 0 spiro atoms. The van der Waals surface area contributed by atoms with Crippen molar-refractivity contribution in [3.63, 3.8) is 0 Å². The molecule has 244 valence electrons. The Bertz CT molecular complexity index is 1360. The molecule has 3 aromatic rings. The molecular weight excluding hydrogens is 601 g/mol. The second-order valence-electron chi connectivity index (χ2n) is 11.3. The third kappa shape index (κ3) is 11.9. The van der Waals surface area contributed by atoms with Crippen molar-refractivity contribution in [2.45, 2.75) is 0 Å². The van der Waals surface area contributed by atoms with Crippen molar-refractivity contribution in [1.82, 2.24) is 9.80 Å². The number of rotatable bonds is 0. The van der Waals surface area contributed by atoms with Crippen LogP contribution in [-0.2, 0) is 0 Å². The Kier molecular flexibility index (Phi) is 12.9. The summed E-state index contributed by atoms with van der Waals surface area (Å²) in [6.07, 6.45) is 10.1. The minimum Gasteiger partial charge on any atom is -0.298 e. The highest BCUT2D eigenvalue weighted by Gasteiger charge is 2.07. The molecule has 47 heavy (non-hydrogen) atoms. The normalized spacial score (nSPS) is 20.0. The van der Waals surface area contributed by atoms with Crippen molar-refractivity contribution in [1.29, 1.82) is 0 Å². The maximum atomic E-state index is 14.4. The maximum Gasteiger partial charge on any atom is 0.124 e. The van der Waals surface area contributed by atoms with Crippen LogP contribution in [0.1, 0.15) is 33.4 Å². The minimum atomic E-state index is -0.345. The molecular formula is C36H39F3N8. The molecule has 0 N–H and O–H groups in total. The van der Waals surface area contributed by atoms with Gasteiger partial charge in [-0.3, -0.25) is 39.8 Å². The molecule has 3 heterocycles. The average molecular weight is 641 g/mol. The number of halogens is 3. The summed E-state index contributed by atoms with van der Waals surface area (Å²) < 4.78 is 43.3. The van der Waals surface area contributed by atoms with E-state index in [1.54, 1.807) is 37.3 Å². The van der Waals surface area contributed by atoms with Crippen LogP contribution in [0, 0.1) is 17.5 Å².